The van der Waals surface area contributed by atoms with Gasteiger partial charge in [0.2, 0.25) is 0 Å². The van der Waals surface area contributed by atoms with E-state index in [1.165, 1.54) is 11.7 Å². The van der Waals surface area contributed by atoms with Crippen LogP contribution in [0.4, 0.5) is 13.2 Å². The number of halogens is 3. The molecule has 0 aliphatic heterocycles. The molecule has 1 saturated carbocycles. The Morgan fingerprint density at radius 3 is 2.67 bits per heavy atom. The molecule has 15 heavy (non-hydrogen) atoms. The first-order chi connectivity index (χ1) is 6.93. The molecule has 6 heteroatoms. The second kappa shape index (κ2) is 3.23. The van der Waals surface area contributed by atoms with Gasteiger partial charge in [0.1, 0.15) is 0 Å². The molecule has 2 atom stereocenters. The highest BCUT2D eigenvalue weighted by Gasteiger charge is 2.42. The van der Waals surface area contributed by atoms with Crippen LogP contribution in [0.1, 0.15) is 23.7 Å². The molecule has 0 radical (unpaired) electrons. The number of alkyl halides is 3. The molecule has 1 aromatic rings. The monoisotopic (exact) mass is 219 g/mol. The molecule has 2 unspecified atom stereocenters. The van der Waals surface area contributed by atoms with E-state index in [-0.39, 0.29) is 5.92 Å². The lowest BCUT2D eigenvalue weighted by Gasteiger charge is -1.99. The summed E-state index contributed by atoms with van der Waals surface area (Å²) in [6, 6.07) is 1.13. The van der Waals surface area contributed by atoms with Gasteiger partial charge in [0.05, 0.1) is 0 Å². The van der Waals surface area contributed by atoms with Gasteiger partial charge in [-0.3, -0.25) is 4.68 Å². The summed E-state index contributed by atoms with van der Waals surface area (Å²) in [6.07, 6.45) is -3.49. The Balaban J connectivity index is 2.24. The van der Waals surface area contributed by atoms with Crippen molar-refractivity contribution in [3.8, 4) is 0 Å². The van der Waals surface area contributed by atoms with Crippen LogP contribution in [0.3, 0.4) is 0 Å². The molecule has 1 aliphatic carbocycles. The Kier molecular flexibility index (Phi) is 2.26. The quantitative estimate of drug-likeness (QED) is 0.819. The zero-order valence-electron chi connectivity index (χ0n) is 8.25. The van der Waals surface area contributed by atoms with Crippen LogP contribution >= 0.6 is 0 Å². The van der Waals surface area contributed by atoms with Crippen molar-refractivity contribution >= 4 is 0 Å². The van der Waals surface area contributed by atoms with Gasteiger partial charge >= 0.3 is 6.18 Å². The van der Waals surface area contributed by atoms with Gasteiger partial charge in [-0.1, -0.05) is 0 Å². The highest BCUT2D eigenvalue weighted by Crippen LogP contribution is 2.47. The van der Waals surface area contributed by atoms with Gasteiger partial charge in [0.15, 0.2) is 5.69 Å². The lowest BCUT2D eigenvalue weighted by atomic mass is 10.2. The maximum Gasteiger partial charge on any atom is 0.435 e. The van der Waals surface area contributed by atoms with Gasteiger partial charge in [0.25, 0.3) is 0 Å². The molecule has 0 bridgehead atoms. The summed E-state index contributed by atoms with van der Waals surface area (Å²) in [5.41, 5.74) is 5.27. The highest BCUT2D eigenvalue weighted by atomic mass is 19.4. The molecule has 3 nitrogen and oxygen atoms in total. The fourth-order valence-corrected chi connectivity index (χ4v) is 1.84. The van der Waals surface area contributed by atoms with Crippen molar-refractivity contribution < 1.29 is 13.2 Å². The number of hydrogen-bond donors (Lipinski definition) is 1. The van der Waals surface area contributed by atoms with Crippen molar-refractivity contribution in [1.82, 2.24) is 9.78 Å². The van der Waals surface area contributed by atoms with E-state index in [1.807, 2.05) is 0 Å². The first-order valence-electron chi connectivity index (χ1n) is 4.74. The molecule has 84 valence electrons. The van der Waals surface area contributed by atoms with E-state index in [1.54, 1.807) is 0 Å². The highest BCUT2D eigenvalue weighted by molar-refractivity contribution is 5.23. The SMILES string of the molecule is Cn1nc(C(F)(F)F)cc1C1CC1CN. The lowest BCUT2D eigenvalue weighted by molar-refractivity contribution is -0.141. The summed E-state index contributed by atoms with van der Waals surface area (Å²) < 4.78 is 38.3. The summed E-state index contributed by atoms with van der Waals surface area (Å²) in [4.78, 5) is 0. The molecule has 0 saturated heterocycles. The molecule has 1 heterocycles. The summed E-state index contributed by atoms with van der Waals surface area (Å²) in [5, 5.41) is 3.46. The van der Waals surface area contributed by atoms with Gasteiger partial charge in [-0.25, -0.2) is 0 Å². The Labute approximate surface area is 85.1 Å². The van der Waals surface area contributed by atoms with E-state index >= 15 is 0 Å². The Hall–Kier alpha value is -1.04. The Morgan fingerprint density at radius 1 is 1.60 bits per heavy atom. The number of hydrogen-bond acceptors (Lipinski definition) is 2. The second-order valence-electron chi connectivity index (χ2n) is 3.91. The van der Waals surface area contributed by atoms with E-state index in [4.69, 9.17) is 5.73 Å². The molecule has 1 aliphatic rings. The van der Waals surface area contributed by atoms with Crippen LogP contribution in [-0.2, 0) is 13.2 Å². The predicted octanol–water partition coefficient (Wildman–Crippen LogP) is 1.50. The third kappa shape index (κ3) is 1.86. The largest absolute Gasteiger partial charge is 0.435 e. The van der Waals surface area contributed by atoms with Crippen LogP contribution in [0.2, 0.25) is 0 Å². The molecular formula is C9H12F3N3. The number of aromatic nitrogens is 2. The number of rotatable bonds is 2. The Bertz CT molecular complexity index is 369. The Morgan fingerprint density at radius 2 is 2.27 bits per heavy atom. The van der Waals surface area contributed by atoms with Crippen molar-refractivity contribution in [3.63, 3.8) is 0 Å². The maximum absolute atomic E-state index is 12.3. The third-order valence-electron chi connectivity index (χ3n) is 2.81. The fourth-order valence-electron chi connectivity index (χ4n) is 1.84. The zero-order chi connectivity index (χ0) is 11.2. The maximum atomic E-state index is 12.3. The average Bonchev–Trinajstić information content (AvgIpc) is 2.80. The number of nitrogens with two attached hydrogens (primary N) is 1. The first-order valence-corrected chi connectivity index (χ1v) is 4.74. The minimum Gasteiger partial charge on any atom is -0.330 e. The van der Waals surface area contributed by atoms with Crippen LogP contribution in [0.5, 0.6) is 0 Å². The van der Waals surface area contributed by atoms with Crippen molar-refractivity contribution in [1.29, 1.82) is 0 Å². The van der Waals surface area contributed by atoms with Gasteiger partial charge in [-0.2, -0.15) is 18.3 Å². The van der Waals surface area contributed by atoms with Gasteiger partial charge in [-0.05, 0) is 24.9 Å². The minimum absolute atomic E-state index is 0.156. The summed E-state index contributed by atoms with van der Waals surface area (Å²) in [6.45, 7) is 0.525. The molecule has 0 amide bonds. The number of aryl methyl sites for hydroxylation is 1. The zero-order valence-corrected chi connectivity index (χ0v) is 8.25. The molecule has 1 fully saturated rings. The summed E-state index contributed by atoms with van der Waals surface area (Å²) >= 11 is 0. The van der Waals surface area contributed by atoms with E-state index < -0.39 is 11.9 Å². The van der Waals surface area contributed by atoms with Crippen LogP contribution in [-0.4, -0.2) is 16.3 Å². The van der Waals surface area contributed by atoms with Crippen molar-refractivity contribution in [2.45, 2.75) is 18.5 Å². The minimum atomic E-state index is -4.36. The molecule has 0 spiro atoms. The molecule has 2 rings (SSSR count). The first kappa shape index (κ1) is 10.5. The molecule has 0 aromatic carbocycles. The van der Waals surface area contributed by atoms with E-state index in [9.17, 15) is 13.2 Å². The van der Waals surface area contributed by atoms with Gasteiger partial charge in [-0.15, -0.1) is 0 Å². The van der Waals surface area contributed by atoms with E-state index in [2.05, 4.69) is 5.10 Å². The van der Waals surface area contributed by atoms with Crippen LogP contribution in [0.25, 0.3) is 0 Å². The summed E-state index contributed by atoms with van der Waals surface area (Å²) in [7, 11) is 1.54. The molecule has 1 aromatic heterocycles. The van der Waals surface area contributed by atoms with Crippen LogP contribution < -0.4 is 5.73 Å². The molecular weight excluding hydrogens is 207 g/mol. The van der Waals surface area contributed by atoms with Crippen molar-refractivity contribution in [3.05, 3.63) is 17.5 Å². The van der Waals surface area contributed by atoms with Gasteiger partial charge < -0.3 is 5.73 Å². The fraction of sp³-hybridized carbons (Fsp3) is 0.667. The van der Waals surface area contributed by atoms with E-state index in [0.29, 0.717) is 18.2 Å². The second-order valence-corrected chi connectivity index (χ2v) is 3.91. The smallest absolute Gasteiger partial charge is 0.330 e. The van der Waals surface area contributed by atoms with Gasteiger partial charge in [0, 0.05) is 18.7 Å². The lowest BCUT2D eigenvalue weighted by Crippen LogP contribution is -2.06. The topological polar surface area (TPSA) is 43.8 Å². The van der Waals surface area contributed by atoms with E-state index in [0.717, 1.165) is 12.5 Å². The summed E-state index contributed by atoms with van der Waals surface area (Å²) in [5.74, 6) is 0.477. The van der Waals surface area contributed by atoms with Crippen molar-refractivity contribution in [2.75, 3.05) is 6.54 Å². The van der Waals surface area contributed by atoms with Crippen molar-refractivity contribution in [2.24, 2.45) is 18.7 Å². The average molecular weight is 219 g/mol. The predicted molar refractivity (Wildman–Crippen MR) is 48.1 cm³/mol. The normalized spacial score (nSPS) is 25.7. The standard InChI is InChI=1S/C9H12F3N3/c1-15-7(6-2-5(6)4-13)3-8(14-15)9(10,11)12/h3,5-6H,2,4,13H2,1H3. The van der Waals surface area contributed by atoms with Crippen LogP contribution in [0.15, 0.2) is 6.07 Å². The van der Waals surface area contributed by atoms with Crippen LogP contribution in [0, 0.1) is 5.92 Å². The molecule has 2 N–H and O–H groups in total. The third-order valence-corrected chi connectivity index (χ3v) is 2.81. The number of nitrogens with zero attached hydrogens (tertiary/aromatic N) is 2.